The maximum Gasteiger partial charge on any atom is 0.337 e. The van der Waals surface area contributed by atoms with Gasteiger partial charge in [0.2, 0.25) is 0 Å². The minimum atomic E-state index is -0.368. The number of aryl methyl sites for hydroxylation is 2. The first-order valence-corrected chi connectivity index (χ1v) is 9.36. The van der Waals surface area contributed by atoms with Crippen LogP contribution in [0.1, 0.15) is 45.9 Å². The van der Waals surface area contributed by atoms with E-state index in [0.29, 0.717) is 10.7 Å². The molecule has 1 aliphatic rings. The highest BCUT2D eigenvalue weighted by Gasteiger charge is 2.21. The molecule has 1 aliphatic carbocycles. The van der Waals surface area contributed by atoms with Crippen LogP contribution in [0.2, 0.25) is 0 Å². The van der Waals surface area contributed by atoms with Crippen molar-refractivity contribution in [3.8, 4) is 5.75 Å². The van der Waals surface area contributed by atoms with Crippen LogP contribution in [-0.4, -0.2) is 25.3 Å². The molecule has 2 aromatic rings. The molecule has 0 aliphatic heterocycles. The van der Waals surface area contributed by atoms with Gasteiger partial charge in [-0.25, -0.2) is 4.79 Å². The summed E-state index contributed by atoms with van der Waals surface area (Å²) in [6.45, 7) is 1.97. The maximum atomic E-state index is 11.8. The van der Waals surface area contributed by atoms with Crippen molar-refractivity contribution in [2.24, 2.45) is 0 Å². The zero-order chi connectivity index (χ0) is 19.4. The molecule has 0 saturated heterocycles. The Balaban J connectivity index is 1.73. The van der Waals surface area contributed by atoms with E-state index in [1.807, 2.05) is 19.1 Å². The zero-order valence-electron chi connectivity index (χ0n) is 15.8. The molecule has 2 N–H and O–H groups in total. The SMILES string of the molecule is COC(=O)c1ccc(C)c(NC(=S)NC2CCCc3cc(OC)ccc32)c1. The third kappa shape index (κ3) is 4.39. The van der Waals surface area contributed by atoms with Gasteiger partial charge in [-0.05, 0) is 79.4 Å². The molecule has 2 aromatic carbocycles. The number of carbonyl (C=O) groups excluding carboxylic acids is 1. The number of nitrogens with one attached hydrogen (secondary N) is 2. The minimum Gasteiger partial charge on any atom is -0.497 e. The summed E-state index contributed by atoms with van der Waals surface area (Å²) in [6, 6.07) is 11.7. The highest BCUT2D eigenvalue weighted by atomic mass is 32.1. The van der Waals surface area contributed by atoms with Crippen molar-refractivity contribution in [2.75, 3.05) is 19.5 Å². The van der Waals surface area contributed by atoms with Gasteiger partial charge in [0, 0.05) is 5.69 Å². The number of ether oxygens (including phenoxy) is 2. The molecule has 0 saturated carbocycles. The molecule has 0 bridgehead atoms. The summed E-state index contributed by atoms with van der Waals surface area (Å²) < 4.78 is 10.1. The number of hydrogen-bond donors (Lipinski definition) is 2. The summed E-state index contributed by atoms with van der Waals surface area (Å²) in [5.74, 6) is 0.512. The van der Waals surface area contributed by atoms with Crippen LogP contribution in [0.4, 0.5) is 5.69 Å². The molecular formula is C21H24N2O3S. The summed E-state index contributed by atoms with van der Waals surface area (Å²) in [6.07, 6.45) is 3.16. The highest BCUT2D eigenvalue weighted by Crippen LogP contribution is 2.32. The molecule has 0 amide bonds. The number of anilines is 1. The van der Waals surface area contributed by atoms with Crippen LogP contribution in [0.3, 0.4) is 0 Å². The second kappa shape index (κ2) is 8.39. The summed E-state index contributed by atoms with van der Waals surface area (Å²) >= 11 is 5.53. The number of hydrogen-bond acceptors (Lipinski definition) is 4. The Bertz CT molecular complexity index is 867. The van der Waals surface area contributed by atoms with Crippen LogP contribution in [-0.2, 0) is 11.2 Å². The molecule has 0 heterocycles. The lowest BCUT2D eigenvalue weighted by atomic mass is 9.87. The van der Waals surface area contributed by atoms with Gasteiger partial charge in [-0.1, -0.05) is 12.1 Å². The largest absolute Gasteiger partial charge is 0.497 e. The number of fused-ring (bicyclic) bond motifs is 1. The van der Waals surface area contributed by atoms with E-state index in [9.17, 15) is 4.79 Å². The van der Waals surface area contributed by atoms with E-state index in [2.05, 4.69) is 22.8 Å². The summed E-state index contributed by atoms with van der Waals surface area (Å²) in [7, 11) is 3.06. The lowest BCUT2D eigenvalue weighted by Gasteiger charge is -2.28. The van der Waals surface area contributed by atoms with Crippen LogP contribution < -0.4 is 15.4 Å². The number of methoxy groups -OCH3 is 2. The summed E-state index contributed by atoms with van der Waals surface area (Å²) in [4.78, 5) is 11.8. The molecule has 5 nitrogen and oxygen atoms in total. The Morgan fingerprint density at radius 3 is 2.74 bits per heavy atom. The Morgan fingerprint density at radius 2 is 2.00 bits per heavy atom. The lowest BCUT2D eigenvalue weighted by Crippen LogP contribution is -2.34. The third-order valence-electron chi connectivity index (χ3n) is 4.88. The molecule has 1 unspecified atom stereocenters. The predicted octanol–water partition coefficient (Wildman–Crippen LogP) is 4.15. The van der Waals surface area contributed by atoms with Crippen molar-refractivity contribution >= 4 is 29.0 Å². The summed E-state index contributed by atoms with van der Waals surface area (Å²) in [5.41, 5.74) is 4.83. The van der Waals surface area contributed by atoms with Crippen molar-refractivity contribution in [3.63, 3.8) is 0 Å². The number of thiocarbonyl (C=S) groups is 1. The average Bonchev–Trinajstić information content (AvgIpc) is 2.68. The molecule has 3 rings (SSSR count). The fourth-order valence-electron chi connectivity index (χ4n) is 3.39. The maximum absolute atomic E-state index is 11.8. The minimum absolute atomic E-state index is 0.156. The van der Waals surface area contributed by atoms with Gasteiger partial charge in [0.15, 0.2) is 5.11 Å². The first-order valence-electron chi connectivity index (χ1n) is 8.95. The van der Waals surface area contributed by atoms with Crippen molar-refractivity contribution < 1.29 is 14.3 Å². The van der Waals surface area contributed by atoms with E-state index < -0.39 is 0 Å². The second-order valence-corrected chi connectivity index (χ2v) is 7.04. The number of benzene rings is 2. The third-order valence-corrected chi connectivity index (χ3v) is 5.10. The van der Waals surface area contributed by atoms with E-state index in [1.54, 1.807) is 19.2 Å². The van der Waals surface area contributed by atoms with E-state index >= 15 is 0 Å². The van der Waals surface area contributed by atoms with Crippen LogP contribution in [0.5, 0.6) is 5.75 Å². The molecule has 0 aromatic heterocycles. The fourth-order valence-corrected chi connectivity index (χ4v) is 3.64. The van der Waals surface area contributed by atoms with Crippen molar-refractivity contribution in [1.82, 2.24) is 5.32 Å². The summed E-state index contributed by atoms with van der Waals surface area (Å²) in [5, 5.41) is 7.17. The molecule has 27 heavy (non-hydrogen) atoms. The quantitative estimate of drug-likeness (QED) is 0.610. The van der Waals surface area contributed by atoms with Crippen molar-refractivity contribution in [1.29, 1.82) is 0 Å². The Labute approximate surface area is 165 Å². The van der Waals surface area contributed by atoms with Crippen molar-refractivity contribution in [2.45, 2.75) is 32.2 Å². The average molecular weight is 385 g/mol. The monoisotopic (exact) mass is 384 g/mol. The Kier molecular flexibility index (Phi) is 5.96. The van der Waals surface area contributed by atoms with Gasteiger partial charge in [-0.3, -0.25) is 0 Å². The van der Waals surface area contributed by atoms with Gasteiger partial charge >= 0.3 is 5.97 Å². The first-order chi connectivity index (χ1) is 13.0. The van der Waals surface area contributed by atoms with Crippen LogP contribution in [0, 0.1) is 6.92 Å². The Hall–Kier alpha value is -2.60. The highest BCUT2D eigenvalue weighted by molar-refractivity contribution is 7.80. The van der Waals surface area contributed by atoms with Gasteiger partial charge in [0.25, 0.3) is 0 Å². The lowest BCUT2D eigenvalue weighted by molar-refractivity contribution is 0.0601. The zero-order valence-corrected chi connectivity index (χ0v) is 16.6. The molecule has 1 atom stereocenters. The topological polar surface area (TPSA) is 59.6 Å². The van der Waals surface area contributed by atoms with E-state index in [0.717, 1.165) is 36.3 Å². The first kappa shape index (κ1) is 19.2. The molecule has 0 spiro atoms. The van der Waals surface area contributed by atoms with Gasteiger partial charge in [0.1, 0.15) is 5.75 Å². The van der Waals surface area contributed by atoms with E-state index in [4.69, 9.17) is 21.7 Å². The van der Waals surface area contributed by atoms with E-state index in [1.165, 1.54) is 18.2 Å². The fraction of sp³-hybridized carbons (Fsp3) is 0.333. The Morgan fingerprint density at radius 1 is 1.19 bits per heavy atom. The van der Waals surface area contributed by atoms with Gasteiger partial charge < -0.3 is 20.1 Å². The standard InChI is InChI=1S/C21H24N2O3S/c1-13-7-8-15(20(24)26-3)12-19(13)23-21(27)22-18-6-4-5-14-11-16(25-2)9-10-17(14)18/h7-12,18H,4-6H2,1-3H3,(H2,22,23,27). The second-order valence-electron chi connectivity index (χ2n) is 6.63. The predicted molar refractivity (Wildman–Crippen MR) is 111 cm³/mol. The van der Waals surface area contributed by atoms with E-state index in [-0.39, 0.29) is 12.0 Å². The molecule has 6 heteroatoms. The molecule has 142 valence electrons. The number of rotatable bonds is 4. The number of carbonyl (C=O) groups is 1. The van der Waals surface area contributed by atoms with Gasteiger partial charge in [-0.2, -0.15) is 0 Å². The number of esters is 1. The smallest absolute Gasteiger partial charge is 0.337 e. The van der Waals surface area contributed by atoms with Crippen molar-refractivity contribution in [3.05, 3.63) is 58.7 Å². The van der Waals surface area contributed by atoms with Gasteiger partial charge in [-0.15, -0.1) is 0 Å². The van der Waals surface area contributed by atoms with Crippen LogP contribution >= 0.6 is 12.2 Å². The van der Waals surface area contributed by atoms with Crippen LogP contribution in [0.25, 0.3) is 0 Å². The van der Waals surface area contributed by atoms with Crippen LogP contribution in [0.15, 0.2) is 36.4 Å². The molecule has 0 radical (unpaired) electrons. The molecular weight excluding hydrogens is 360 g/mol. The molecule has 0 fully saturated rings. The van der Waals surface area contributed by atoms with Gasteiger partial charge in [0.05, 0.1) is 25.8 Å². The normalized spacial score (nSPS) is 15.4.